The van der Waals surface area contributed by atoms with Gasteiger partial charge >= 0.3 is 5.97 Å². The van der Waals surface area contributed by atoms with Crippen LogP contribution < -0.4 is 0 Å². The molecule has 0 bridgehead atoms. The third-order valence-corrected chi connectivity index (χ3v) is 2.40. The third kappa shape index (κ3) is 10.00. The predicted octanol–water partition coefficient (Wildman–Crippen LogP) is 2.78. The Balaban J connectivity index is 3.58. The second kappa shape index (κ2) is 11.6. The van der Waals surface area contributed by atoms with Gasteiger partial charge in [-0.2, -0.15) is 0 Å². The first-order chi connectivity index (χ1) is 8.22. The summed E-state index contributed by atoms with van der Waals surface area (Å²) < 4.78 is 16.7. The Bertz CT molecular complexity index is 227. The van der Waals surface area contributed by atoms with E-state index in [0.29, 0.717) is 18.4 Å². The number of hydrogen-bond donors (Lipinski definition) is 1. The van der Waals surface area contributed by atoms with E-state index in [4.69, 9.17) is 9.84 Å². The van der Waals surface area contributed by atoms with Gasteiger partial charge < -0.3 is 9.84 Å². The van der Waals surface area contributed by atoms with Gasteiger partial charge in [-0.3, -0.25) is 4.39 Å². The summed E-state index contributed by atoms with van der Waals surface area (Å²) in [4.78, 5) is 11.4. The van der Waals surface area contributed by atoms with Crippen molar-refractivity contribution in [1.29, 1.82) is 0 Å². The molecule has 0 saturated heterocycles. The van der Waals surface area contributed by atoms with Crippen LogP contribution in [0, 0.1) is 0 Å². The van der Waals surface area contributed by atoms with Crippen LogP contribution in [0.3, 0.4) is 0 Å². The highest BCUT2D eigenvalue weighted by molar-refractivity contribution is 5.87. The van der Waals surface area contributed by atoms with Crippen LogP contribution in [0.4, 0.5) is 4.39 Å². The van der Waals surface area contributed by atoms with Gasteiger partial charge in [-0.15, -0.1) is 0 Å². The molecule has 0 fully saturated rings. The van der Waals surface area contributed by atoms with Crippen molar-refractivity contribution >= 4 is 5.97 Å². The van der Waals surface area contributed by atoms with Crippen LogP contribution in [0.5, 0.6) is 0 Å². The summed E-state index contributed by atoms with van der Waals surface area (Å²) in [6.07, 6.45) is 6.66. The number of halogens is 1. The predicted molar refractivity (Wildman–Crippen MR) is 65.5 cm³/mol. The van der Waals surface area contributed by atoms with E-state index in [1.54, 1.807) is 6.92 Å². The number of unbranched alkanes of at least 4 members (excludes halogenated alkanes) is 4. The molecule has 4 heteroatoms. The molecule has 1 N–H and O–H groups in total. The van der Waals surface area contributed by atoms with Crippen LogP contribution in [-0.4, -0.2) is 31.0 Å². The lowest BCUT2D eigenvalue weighted by Gasteiger charge is -2.03. The number of carbonyl (C=O) groups excluding carboxylic acids is 1. The van der Waals surface area contributed by atoms with Gasteiger partial charge in [0.15, 0.2) is 0 Å². The molecule has 0 radical (unpaired) electrons. The van der Waals surface area contributed by atoms with E-state index in [9.17, 15) is 9.18 Å². The number of ether oxygens (including phenoxy) is 1. The van der Waals surface area contributed by atoms with Crippen molar-refractivity contribution < 1.29 is 19.0 Å². The second-order valence-corrected chi connectivity index (χ2v) is 3.99. The Morgan fingerprint density at radius 3 is 2.59 bits per heavy atom. The standard InChI is InChI=1S/C13H23FO3/c1-12(13(16)17-11-7-10-15)8-5-3-2-4-6-9-14/h8,15H,2-7,9-11H2,1H3. The lowest BCUT2D eigenvalue weighted by molar-refractivity contribution is -0.139. The van der Waals surface area contributed by atoms with Crippen LogP contribution in [0.2, 0.25) is 0 Å². The summed E-state index contributed by atoms with van der Waals surface area (Å²) in [6.45, 7) is 1.77. The van der Waals surface area contributed by atoms with Gasteiger partial charge in [-0.05, 0) is 26.2 Å². The molecule has 0 amide bonds. The number of carbonyl (C=O) groups is 1. The zero-order chi connectivity index (χ0) is 12.9. The molecule has 0 saturated carbocycles. The molecule has 100 valence electrons. The smallest absolute Gasteiger partial charge is 0.333 e. The zero-order valence-electron chi connectivity index (χ0n) is 10.6. The van der Waals surface area contributed by atoms with Crippen molar-refractivity contribution in [2.75, 3.05) is 19.9 Å². The minimum absolute atomic E-state index is 0.0324. The largest absolute Gasteiger partial charge is 0.462 e. The SMILES string of the molecule is CC(=CCCCCCCF)C(=O)OCCCO. The van der Waals surface area contributed by atoms with Gasteiger partial charge in [0.1, 0.15) is 0 Å². The number of aliphatic hydroxyl groups is 1. The summed E-state index contributed by atoms with van der Waals surface area (Å²) in [5.74, 6) is -0.317. The number of allylic oxidation sites excluding steroid dienone is 1. The van der Waals surface area contributed by atoms with E-state index in [0.717, 1.165) is 25.7 Å². The van der Waals surface area contributed by atoms with Gasteiger partial charge in [0.05, 0.1) is 13.3 Å². The summed E-state index contributed by atoms with van der Waals surface area (Å²) in [7, 11) is 0. The molecule has 3 nitrogen and oxygen atoms in total. The molecule has 0 aliphatic heterocycles. The van der Waals surface area contributed by atoms with E-state index in [1.807, 2.05) is 6.08 Å². The average Bonchev–Trinajstić information content (AvgIpc) is 2.33. The van der Waals surface area contributed by atoms with Gasteiger partial charge in [-0.1, -0.05) is 18.9 Å². The maximum Gasteiger partial charge on any atom is 0.333 e. The molecule has 0 unspecified atom stereocenters. The lowest BCUT2D eigenvalue weighted by atomic mass is 10.1. The van der Waals surface area contributed by atoms with Crippen molar-refractivity contribution in [2.45, 2.75) is 45.4 Å². The molecule has 17 heavy (non-hydrogen) atoms. The fourth-order valence-corrected chi connectivity index (χ4v) is 1.34. The average molecular weight is 246 g/mol. The molecular weight excluding hydrogens is 223 g/mol. The summed E-state index contributed by atoms with van der Waals surface area (Å²) in [5.41, 5.74) is 0.605. The first kappa shape index (κ1) is 16.1. The Hall–Kier alpha value is -0.900. The molecule has 0 aromatic carbocycles. The van der Waals surface area contributed by atoms with Gasteiger partial charge in [0.25, 0.3) is 0 Å². The van der Waals surface area contributed by atoms with E-state index < -0.39 is 0 Å². The molecule has 0 rings (SSSR count). The second-order valence-electron chi connectivity index (χ2n) is 3.99. The lowest BCUT2D eigenvalue weighted by Crippen LogP contribution is -2.08. The molecule has 0 aromatic rings. The number of hydrogen-bond acceptors (Lipinski definition) is 3. The van der Waals surface area contributed by atoms with Gasteiger partial charge in [0, 0.05) is 18.6 Å². The highest BCUT2D eigenvalue weighted by Gasteiger charge is 2.04. The van der Waals surface area contributed by atoms with Gasteiger partial charge in [-0.25, -0.2) is 4.79 Å². The number of esters is 1. The number of aliphatic hydroxyl groups excluding tert-OH is 1. The van der Waals surface area contributed by atoms with Crippen molar-refractivity contribution in [1.82, 2.24) is 0 Å². The Kier molecular flexibility index (Phi) is 11.0. The minimum atomic E-state index is -0.317. The molecule has 0 aromatic heterocycles. The molecule has 0 heterocycles. The topological polar surface area (TPSA) is 46.5 Å². The molecule has 0 aliphatic carbocycles. The molecule has 0 aliphatic rings. The van der Waals surface area contributed by atoms with Crippen molar-refractivity contribution in [3.05, 3.63) is 11.6 Å². The fourth-order valence-electron chi connectivity index (χ4n) is 1.34. The Labute approximate surface area is 103 Å². The maximum absolute atomic E-state index is 11.8. The van der Waals surface area contributed by atoms with Crippen LogP contribution in [0.15, 0.2) is 11.6 Å². The molecule has 0 atom stereocenters. The van der Waals surface area contributed by atoms with Gasteiger partial charge in [0.2, 0.25) is 0 Å². The van der Waals surface area contributed by atoms with Crippen LogP contribution in [0.25, 0.3) is 0 Å². The van der Waals surface area contributed by atoms with Crippen molar-refractivity contribution in [3.63, 3.8) is 0 Å². The van der Waals surface area contributed by atoms with E-state index >= 15 is 0 Å². The van der Waals surface area contributed by atoms with Crippen LogP contribution in [0.1, 0.15) is 45.4 Å². The fraction of sp³-hybridized carbons (Fsp3) is 0.769. The van der Waals surface area contributed by atoms with Crippen LogP contribution >= 0.6 is 0 Å². The van der Waals surface area contributed by atoms with Crippen LogP contribution in [-0.2, 0) is 9.53 Å². The summed E-state index contributed by atoms with van der Waals surface area (Å²) in [6, 6.07) is 0. The zero-order valence-corrected chi connectivity index (χ0v) is 10.6. The highest BCUT2D eigenvalue weighted by Crippen LogP contribution is 2.07. The van der Waals surface area contributed by atoms with E-state index in [-0.39, 0.29) is 25.9 Å². The Morgan fingerprint density at radius 2 is 1.94 bits per heavy atom. The first-order valence-corrected chi connectivity index (χ1v) is 6.23. The first-order valence-electron chi connectivity index (χ1n) is 6.23. The summed E-state index contributed by atoms with van der Waals surface area (Å²) in [5, 5.41) is 8.53. The number of rotatable bonds is 10. The quantitative estimate of drug-likeness (QED) is 0.366. The Morgan fingerprint density at radius 1 is 1.24 bits per heavy atom. The molecule has 0 spiro atoms. The van der Waals surface area contributed by atoms with Crippen molar-refractivity contribution in [3.8, 4) is 0 Å². The van der Waals surface area contributed by atoms with E-state index in [2.05, 4.69) is 0 Å². The number of alkyl halides is 1. The summed E-state index contributed by atoms with van der Waals surface area (Å²) >= 11 is 0. The normalized spacial score (nSPS) is 11.6. The molecular formula is C13H23FO3. The third-order valence-electron chi connectivity index (χ3n) is 2.40. The minimum Gasteiger partial charge on any atom is -0.462 e. The maximum atomic E-state index is 11.8. The van der Waals surface area contributed by atoms with E-state index in [1.165, 1.54) is 0 Å². The van der Waals surface area contributed by atoms with Crippen molar-refractivity contribution in [2.24, 2.45) is 0 Å². The monoisotopic (exact) mass is 246 g/mol. The highest BCUT2D eigenvalue weighted by atomic mass is 19.1.